The Balaban J connectivity index is 0.000000640. The Morgan fingerprint density at radius 1 is 1.44 bits per heavy atom. The van der Waals surface area contributed by atoms with Crippen molar-refractivity contribution >= 4 is 35.8 Å². The van der Waals surface area contributed by atoms with E-state index in [0.717, 1.165) is 6.29 Å². The number of carbonyl (C=O) groups excluding carboxylic acids is 1. The average Bonchev–Trinajstić information content (AvgIpc) is 1.90. The average molecular weight is 131 g/mol. The molecule has 1 heterocycles. The van der Waals surface area contributed by atoms with Crippen molar-refractivity contribution in [1.29, 1.82) is 0 Å². The van der Waals surface area contributed by atoms with Crippen LogP contribution < -0.4 is 0 Å². The van der Waals surface area contributed by atoms with Crippen LogP contribution in [-0.2, 0) is 0 Å². The van der Waals surface area contributed by atoms with Crippen LogP contribution in [0.5, 0.6) is 0 Å². The Bertz CT molecular complexity index is 176. The fourth-order valence-corrected chi connectivity index (χ4v) is 0.446. The third-order valence-electron chi connectivity index (χ3n) is 0.809. The van der Waals surface area contributed by atoms with Gasteiger partial charge in [0.1, 0.15) is 5.69 Å². The number of nitrogens with zero attached hydrogens (tertiary/aromatic N) is 1. The molecule has 0 bridgehead atoms. The van der Waals surface area contributed by atoms with Crippen LogP contribution in [0.2, 0.25) is 0 Å². The fourth-order valence-electron chi connectivity index (χ4n) is 0.446. The second kappa shape index (κ2) is 4.68. The first-order valence-corrected chi connectivity index (χ1v) is 2.29. The van der Waals surface area contributed by atoms with Crippen molar-refractivity contribution in [1.82, 2.24) is 4.98 Å². The molecule has 0 unspecified atom stereocenters. The molecule has 3 heteroatoms. The summed E-state index contributed by atoms with van der Waals surface area (Å²) in [5.41, 5.74) is 0.479. The van der Waals surface area contributed by atoms with Gasteiger partial charge >= 0.3 is 29.6 Å². The van der Waals surface area contributed by atoms with Crippen molar-refractivity contribution in [2.75, 3.05) is 0 Å². The minimum absolute atomic E-state index is 0. The summed E-state index contributed by atoms with van der Waals surface area (Å²) in [6.07, 6.45) is 2.31. The molecule has 0 aliphatic rings. The summed E-state index contributed by atoms with van der Waals surface area (Å²) in [4.78, 5) is 13.7. The van der Waals surface area contributed by atoms with Crippen molar-refractivity contribution in [3.63, 3.8) is 0 Å². The monoisotopic (exact) mass is 131 g/mol. The maximum absolute atomic E-state index is 9.94. The predicted octanol–water partition coefficient (Wildman–Crippen LogP) is 0.246. The third kappa shape index (κ3) is 2.75. The summed E-state index contributed by atoms with van der Waals surface area (Å²) in [5.74, 6) is 0. The van der Waals surface area contributed by atoms with Crippen LogP contribution in [0.25, 0.3) is 0 Å². The van der Waals surface area contributed by atoms with E-state index in [1.54, 1.807) is 24.4 Å². The number of carbonyl (C=O) groups is 1. The number of pyridine rings is 1. The minimum atomic E-state index is 0. The summed E-state index contributed by atoms with van der Waals surface area (Å²) in [5, 5.41) is 0. The van der Waals surface area contributed by atoms with Crippen molar-refractivity contribution < 1.29 is 4.79 Å². The number of hydrogen-bond acceptors (Lipinski definition) is 2. The summed E-state index contributed by atoms with van der Waals surface area (Å²) in [7, 11) is 0. The number of aldehydes is 1. The van der Waals surface area contributed by atoms with Gasteiger partial charge in [0, 0.05) is 6.20 Å². The van der Waals surface area contributed by atoms with Gasteiger partial charge in [0.05, 0.1) is 0 Å². The molecule has 9 heavy (non-hydrogen) atoms. The Morgan fingerprint density at radius 3 is 2.56 bits per heavy atom. The van der Waals surface area contributed by atoms with E-state index in [4.69, 9.17) is 0 Å². The van der Waals surface area contributed by atoms with Crippen LogP contribution in [0.1, 0.15) is 10.5 Å². The summed E-state index contributed by atoms with van der Waals surface area (Å²) in [6, 6.07) is 5.21. The zero-order valence-corrected chi connectivity index (χ0v) is 4.24. The molecular formula is C6H6NNaO. The van der Waals surface area contributed by atoms with Crippen LogP contribution in [-0.4, -0.2) is 40.8 Å². The molecule has 0 saturated heterocycles. The van der Waals surface area contributed by atoms with Gasteiger partial charge in [-0.15, -0.1) is 0 Å². The first-order valence-electron chi connectivity index (χ1n) is 2.29. The van der Waals surface area contributed by atoms with Gasteiger partial charge in [-0.3, -0.25) is 9.78 Å². The molecule has 0 aliphatic carbocycles. The van der Waals surface area contributed by atoms with E-state index < -0.39 is 0 Å². The zero-order chi connectivity index (χ0) is 5.82. The second-order valence-corrected chi connectivity index (χ2v) is 1.37. The van der Waals surface area contributed by atoms with Crippen molar-refractivity contribution in [2.45, 2.75) is 0 Å². The molecule has 0 atom stereocenters. The standard InChI is InChI=1S/C6H5NO.Na.H/c8-5-6-3-1-2-4-7-6;;/h1-5H;;. The second-order valence-electron chi connectivity index (χ2n) is 1.37. The van der Waals surface area contributed by atoms with Crippen LogP contribution in [0, 0.1) is 0 Å². The van der Waals surface area contributed by atoms with Crippen molar-refractivity contribution in [3.05, 3.63) is 30.1 Å². The molecule has 0 N–H and O–H groups in total. The molecule has 42 valence electrons. The van der Waals surface area contributed by atoms with E-state index in [-0.39, 0.29) is 29.6 Å². The molecule has 0 fully saturated rings. The van der Waals surface area contributed by atoms with E-state index in [1.165, 1.54) is 0 Å². The van der Waals surface area contributed by atoms with Crippen LogP contribution in [0.4, 0.5) is 0 Å². The van der Waals surface area contributed by atoms with Crippen LogP contribution in [0.3, 0.4) is 0 Å². The molecular weight excluding hydrogens is 125 g/mol. The van der Waals surface area contributed by atoms with Crippen molar-refractivity contribution in [2.24, 2.45) is 0 Å². The van der Waals surface area contributed by atoms with Crippen LogP contribution in [0.15, 0.2) is 24.4 Å². The quantitative estimate of drug-likeness (QED) is 0.404. The van der Waals surface area contributed by atoms with E-state index in [9.17, 15) is 4.79 Å². The Morgan fingerprint density at radius 2 is 2.22 bits per heavy atom. The predicted molar refractivity (Wildman–Crippen MR) is 36.8 cm³/mol. The molecule has 0 aromatic carbocycles. The van der Waals surface area contributed by atoms with Gasteiger partial charge in [0.15, 0.2) is 6.29 Å². The first kappa shape index (κ1) is 8.82. The van der Waals surface area contributed by atoms with Gasteiger partial charge in [-0.2, -0.15) is 0 Å². The number of aromatic nitrogens is 1. The van der Waals surface area contributed by atoms with E-state index in [2.05, 4.69) is 4.98 Å². The molecule has 0 saturated carbocycles. The van der Waals surface area contributed by atoms with E-state index in [0.29, 0.717) is 5.69 Å². The molecule has 0 amide bonds. The molecule has 1 aromatic rings. The number of hydrogen-bond donors (Lipinski definition) is 0. The molecule has 0 aliphatic heterocycles. The Hall–Kier alpha value is -0.180. The normalized spacial score (nSPS) is 7.56. The Labute approximate surface area is 75.6 Å². The van der Waals surface area contributed by atoms with Gasteiger partial charge in [0.2, 0.25) is 0 Å². The van der Waals surface area contributed by atoms with Gasteiger partial charge in [-0.05, 0) is 12.1 Å². The summed E-state index contributed by atoms with van der Waals surface area (Å²) >= 11 is 0. The summed E-state index contributed by atoms with van der Waals surface area (Å²) in [6.45, 7) is 0. The van der Waals surface area contributed by atoms with Gasteiger partial charge in [0.25, 0.3) is 0 Å². The van der Waals surface area contributed by atoms with Gasteiger partial charge < -0.3 is 0 Å². The Kier molecular flexibility index (Phi) is 4.58. The van der Waals surface area contributed by atoms with Gasteiger partial charge in [-0.25, -0.2) is 0 Å². The molecule has 0 spiro atoms. The topological polar surface area (TPSA) is 30.0 Å². The molecule has 1 aromatic heterocycles. The third-order valence-corrected chi connectivity index (χ3v) is 0.809. The number of rotatable bonds is 1. The zero-order valence-electron chi connectivity index (χ0n) is 4.24. The van der Waals surface area contributed by atoms with Gasteiger partial charge in [-0.1, -0.05) is 6.07 Å². The molecule has 1 rings (SSSR count). The first-order chi connectivity index (χ1) is 3.93. The van der Waals surface area contributed by atoms with E-state index in [1.807, 2.05) is 0 Å². The van der Waals surface area contributed by atoms with E-state index >= 15 is 0 Å². The fraction of sp³-hybridized carbons (Fsp3) is 0. The van der Waals surface area contributed by atoms with Crippen molar-refractivity contribution in [3.8, 4) is 0 Å². The summed E-state index contributed by atoms with van der Waals surface area (Å²) < 4.78 is 0. The SMILES string of the molecule is O=Cc1ccccn1.[NaH]. The maximum atomic E-state index is 9.94. The molecule has 2 nitrogen and oxygen atoms in total. The molecule has 0 radical (unpaired) electrons. The van der Waals surface area contributed by atoms with Crippen LogP contribution >= 0.6 is 0 Å².